The van der Waals surface area contributed by atoms with Gasteiger partial charge in [0.05, 0.1) is 0 Å². The Morgan fingerprint density at radius 2 is 1.51 bits per heavy atom. The van der Waals surface area contributed by atoms with Crippen LogP contribution in [0.4, 0.5) is 0 Å². The van der Waals surface area contributed by atoms with Crippen LogP contribution in [0, 0.1) is 5.92 Å². The van der Waals surface area contributed by atoms with Crippen LogP contribution in [0.3, 0.4) is 0 Å². The Hall–Kier alpha value is -3.64. The highest BCUT2D eigenvalue weighted by Gasteiger charge is 2.41. The second kappa shape index (κ2) is 12.5. The summed E-state index contributed by atoms with van der Waals surface area (Å²) >= 11 is 0. The third-order valence-corrected chi connectivity index (χ3v) is 9.20. The average molecular weight is 539 g/mol. The molecule has 5 rings (SSSR count). The van der Waals surface area contributed by atoms with Gasteiger partial charge in [0.2, 0.25) is 0 Å². The third-order valence-electron chi connectivity index (χ3n) is 9.20. The summed E-state index contributed by atoms with van der Waals surface area (Å²) in [6.07, 6.45) is 16.8. The van der Waals surface area contributed by atoms with Crippen molar-refractivity contribution < 1.29 is 0 Å². The van der Waals surface area contributed by atoms with Crippen molar-refractivity contribution in [3.8, 4) is 0 Å². The number of hydrogen-bond donors (Lipinski definition) is 0. The van der Waals surface area contributed by atoms with Gasteiger partial charge in [-0.15, -0.1) is 0 Å². The SMILES string of the molecule is C=C(CCC)C1=C(C)C=C2CC(=CC3=CC=C(c4ccc(C(=C)CCC)cc4)C3)C(=C)C2C1c1ccc(CC)cc1. The molecule has 2 atom stereocenters. The quantitative estimate of drug-likeness (QED) is 0.282. The van der Waals surface area contributed by atoms with Crippen LogP contribution >= 0.6 is 0 Å². The van der Waals surface area contributed by atoms with Crippen molar-refractivity contribution >= 4 is 11.1 Å². The molecule has 2 aromatic rings. The number of benzene rings is 2. The molecule has 1 saturated carbocycles. The van der Waals surface area contributed by atoms with E-state index in [1.807, 2.05) is 0 Å². The predicted octanol–water partition coefficient (Wildman–Crippen LogP) is 11.7. The fraction of sp³-hybridized carbons (Fsp3) is 0.317. The van der Waals surface area contributed by atoms with Crippen molar-refractivity contribution in [3.63, 3.8) is 0 Å². The summed E-state index contributed by atoms with van der Waals surface area (Å²) in [4.78, 5) is 0. The molecule has 210 valence electrons. The van der Waals surface area contributed by atoms with E-state index in [1.54, 1.807) is 0 Å². The number of fused-ring (bicyclic) bond motifs is 1. The van der Waals surface area contributed by atoms with E-state index in [1.165, 1.54) is 72.4 Å². The molecule has 0 amide bonds. The first-order valence-corrected chi connectivity index (χ1v) is 15.6. The van der Waals surface area contributed by atoms with E-state index in [0.717, 1.165) is 44.9 Å². The zero-order valence-corrected chi connectivity index (χ0v) is 25.7. The molecule has 2 aromatic carbocycles. The van der Waals surface area contributed by atoms with Crippen LogP contribution in [0.15, 0.2) is 132 Å². The average Bonchev–Trinajstić information content (AvgIpc) is 3.57. The molecule has 0 radical (unpaired) electrons. The Labute approximate surface area is 249 Å². The van der Waals surface area contributed by atoms with Gasteiger partial charge in [0.15, 0.2) is 0 Å². The second-order valence-electron chi connectivity index (χ2n) is 12.1. The number of aryl methyl sites for hydroxylation is 1. The second-order valence-corrected chi connectivity index (χ2v) is 12.1. The molecule has 2 unspecified atom stereocenters. The molecule has 1 fully saturated rings. The number of rotatable bonds is 10. The lowest BCUT2D eigenvalue weighted by Gasteiger charge is -2.34. The molecule has 3 aliphatic rings. The minimum Gasteiger partial charge on any atom is -0.0955 e. The molecule has 41 heavy (non-hydrogen) atoms. The Balaban J connectivity index is 1.38. The molecule has 0 bridgehead atoms. The van der Waals surface area contributed by atoms with E-state index < -0.39 is 0 Å². The fourth-order valence-electron chi connectivity index (χ4n) is 7.02. The highest BCUT2D eigenvalue weighted by atomic mass is 14.4. The molecule has 0 spiro atoms. The van der Waals surface area contributed by atoms with Crippen molar-refractivity contribution in [2.45, 2.75) is 78.6 Å². The van der Waals surface area contributed by atoms with E-state index >= 15 is 0 Å². The van der Waals surface area contributed by atoms with E-state index in [9.17, 15) is 0 Å². The van der Waals surface area contributed by atoms with E-state index in [-0.39, 0.29) is 5.92 Å². The summed E-state index contributed by atoms with van der Waals surface area (Å²) in [6, 6.07) is 18.3. The van der Waals surface area contributed by atoms with Crippen LogP contribution in [-0.2, 0) is 6.42 Å². The van der Waals surface area contributed by atoms with Crippen LogP contribution in [0.1, 0.15) is 94.4 Å². The van der Waals surface area contributed by atoms with E-state index in [2.05, 4.69) is 114 Å². The highest BCUT2D eigenvalue weighted by molar-refractivity contribution is 5.75. The molecular formula is C41H46. The standard InChI is InChI=1S/C41H46/c1-8-11-27(4)33-19-21-34(22-20-33)36-18-15-32(24-36)25-37-26-38-23-29(6)39(28(5)12-9-2)41(40(38)30(37)7)35-16-13-31(10-3)14-17-35/h13-23,25,40-41H,4-5,7-12,24,26H2,1-3,6H3. The molecule has 0 N–H and O–H groups in total. The van der Waals surface area contributed by atoms with Crippen LogP contribution in [0.5, 0.6) is 0 Å². The predicted molar refractivity (Wildman–Crippen MR) is 180 cm³/mol. The van der Waals surface area contributed by atoms with Crippen LogP contribution in [0.25, 0.3) is 11.1 Å². The monoisotopic (exact) mass is 538 g/mol. The molecule has 0 heterocycles. The smallest absolute Gasteiger partial charge is 0.0201 e. The third kappa shape index (κ3) is 5.89. The van der Waals surface area contributed by atoms with E-state index in [4.69, 9.17) is 6.58 Å². The molecule has 0 aliphatic heterocycles. The van der Waals surface area contributed by atoms with Crippen LogP contribution in [-0.4, -0.2) is 0 Å². The lowest BCUT2D eigenvalue weighted by Crippen LogP contribution is -2.21. The van der Waals surface area contributed by atoms with Gasteiger partial charge in [-0.25, -0.2) is 0 Å². The zero-order valence-electron chi connectivity index (χ0n) is 25.7. The largest absolute Gasteiger partial charge is 0.0955 e. The topological polar surface area (TPSA) is 0 Å². The van der Waals surface area contributed by atoms with Gasteiger partial charge in [-0.3, -0.25) is 0 Å². The van der Waals surface area contributed by atoms with Gasteiger partial charge in [0.1, 0.15) is 0 Å². The zero-order chi connectivity index (χ0) is 29.1. The summed E-state index contributed by atoms with van der Waals surface area (Å²) in [5.74, 6) is 0.588. The van der Waals surface area contributed by atoms with Crippen molar-refractivity contribution in [2.75, 3.05) is 0 Å². The molecule has 0 saturated heterocycles. The maximum Gasteiger partial charge on any atom is 0.0201 e. The highest BCUT2D eigenvalue weighted by Crippen LogP contribution is 2.55. The molecule has 3 aliphatic carbocycles. The van der Waals surface area contributed by atoms with Gasteiger partial charge in [0, 0.05) is 11.8 Å². The first kappa shape index (κ1) is 28.9. The molecular weight excluding hydrogens is 492 g/mol. The van der Waals surface area contributed by atoms with Gasteiger partial charge in [-0.2, -0.15) is 0 Å². The molecule has 0 aromatic heterocycles. The van der Waals surface area contributed by atoms with Crippen molar-refractivity contribution in [3.05, 3.63) is 154 Å². The Kier molecular flexibility index (Phi) is 8.79. The van der Waals surface area contributed by atoms with Gasteiger partial charge in [-0.1, -0.05) is 137 Å². The van der Waals surface area contributed by atoms with Gasteiger partial charge in [-0.05, 0) is 100 Å². The molecule has 0 heteroatoms. The lowest BCUT2D eigenvalue weighted by molar-refractivity contribution is 0.619. The Morgan fingerprint density at radius 1 is 0.829 bits per heavy atom. The first-order valence-electron chi connectivity index (χ1n) is 15.6. The lowest BCUT2D eigenvalue weighted by atomic mass is 9.69. The van der Waals surface area contributed by atoms with Crippen molar-refractivity contribution in [1.29, 1.82) is 0 Å². The molecule has 0 nitrogen and oxygen atoms in total. The van der Waals surface area contributed by atoms with Crippen LogP contribution < -0.4 is 0 Å². The maximum absolute atomic E-state index is 4.74. The number of allylic oxidation sites excluding steroid dienone is 13. The summed E-state index contributed by atoms with van der Waals surface area (Å²) in [7, 11) is 0. The fourth-order valence-corrected chi connectivity index (χ4v) is 7.02. The van der Waals surface area contributed by atoms with Gasteiger partial charge >= 0.3 is 0 Å². The summed E-state index contributed by atoms with van der Waals surface area (Å²) < 4.78 is 0. The Morgan fingerprint density at radius 3 is 2.17 bits per heavy atom. The minimum atomic E-state index is 0.283. The normalized spacial score (nSPS) is 21.1. The first-order chi connectivity index (χ1) is 19.8. The van der Waals surface area contributed by atoms with Gasteiger partial charge in [0.25, 0.3) is 0 Å². The number of hydrogen-bond acceptors (Lipinski definition) is 0. The van der Waals surface area contributed by atoms with Crippen molar-refractivity contribution in [2.24, 2.45) is 5.92 Å². The Bertz CT molecular complexity index is 1510. The minimum absolute atomic E-state index is 0.283. The van der Waals surface area contributed by atoms with Crippen molar-refractivity contribution in [1.82, 2.24) is 0 Å². The summed E-state index contributed by atoms with van der Waals surface area (Å²) in [5, 5.41) is 0. The summed E-state index contributed by atoms with van der Waals surface area (Å²) in [6.45, 7) is 22.5. The van der Waals surface area contributed by atoms with E-state index in [0.29, 0.717) is 5.92 Å². The van der Waals surface area contributed by atoms with Gasteiger partial charge < -0.3 is 0 Å². The summed E-state index contributed by atoms with van der Waals surface area (Å²) in [5.41, 5.74) is 17.6. The van der Waals surface area contributed by atoms with Crippen LogP contribution in [0.2, 0.25) is 0 Å². The maximum atomic E-state index is 4.74.